The molecule has 6 nitrogen and oxygen atoms in total. The van der Waals surface area contributed by atoms with E-state index in [4.69, 9.17) is 4.74 Å². The van der Waals surface area contributed by atoms with E-state index in [0.29, 0.717) is 18.0 Å². The van der Waals surface area contributed by atoms with Gasteiger partial charge >= 0.3 is 5.97 Å². The molecule has 1 aromatic carbocycles. The van der Waals surface area contributed by atoms with Gasteiger partial charge in [-0.1, -0.05) is 12.1 Å². The predicted molar refractivity (Wildman–Crippen MR) is 89.5 cm³/mol. The molecule has 0 amide bonds. The molecule has 23 heavy (non-hydrogen) atoms. The van der Waals surface area contributed by atoms with Gasteiger partial charge in [0.05, 0.1) is 30.2 Å². The highest BCUT2D eigenvalue weighted by Gasteiger charge is 2.11. The first-order chi connectivity index (χ1) is 11.3. The van der Waals surface area contributed by atoms with Crippen LogP contribution in [0.2, 0.25) is 0 Å². The van der Waals surface area contributed by atoms with Crippen molar-refractivity contribution in [3.63, 3.8) is 0 Å². The number of hydrogen-bond donors (Lipinski definition) is 1. The van der Waals surface area contributed by atoms with Crippen LogP contribution in [0.3, 0.4) is 0 Å². The lowest BCUT2D eigenvalue weighted by atomic mass is 10.3. The SMILES string of the molecule is CCOC(=O)c1cnc(CNCCn2cnc3ccccc32)s1. The van der Waals surface area contributed by atoms with Crippen LogP contribution in [0.25, 0.3) is 11.0 Å². The molecule has 0 fully saturated rings. The van der Waals surface area contributed by atoms with Crippen molar-refractivity contribution < 1.29 is 9.53 Å². The number of hydrogen-bond acceptors (Lipinski definition) is 6. The maximum atomic E-state index is 11.6. The molecule has 120 valence electrons. The van der Waals surface area contributed by atoms with Crippen LogP contribution in [0.5, 0.6) is 0 Å². The van der Waals surface area contributed by atoms with Crippen LogP contribution >= 0.6 is 11.3 Å². The summed E-state index contributed by atoms with van der Waals surface area (Å²) in [4.78, 5) is 20.7. The highest BCUT2D eigenvalue weighted by Crippen LogP contribution is 2.14. The number of imidazole rings is 1. The van der Waals surface area contributed by atoms with Crippen LogP contribution in [-0.2, 0) is 17.8 Å². The Bertz CT molecular complexity index is 796. The average molecular weight is 330 g/mol. The van der Waals surface area contributed by atoms with Gasteiger partial charge in [0.15, 0.2) is 0 Å². The number of para-hydroxylation sites is 2. The zero-order valence-corrected chi connectivity index (χ0v) is 13.7. The van der Waals surface area contributed by atoms with E-state index in [2.05, 4.69) is 25.9 Å². The third kappa shape index (κ3) is 3.75. The number of esters is 1. The summed E-state index contributed by atoms with van der Waals surface area (Å²) < 4.78 is 7.08. The standard InChI is InChI=1S/C16H18N4O2S/c1-2-22-16(21)14-9-18-15(23-14)10-17-7-8-20-11-19-12-5-3-4-6-13(12)20/h3-6,9,11,17H,2,7-8,10H2,1H3. The summed E-state index contributed by atoms with van der Waals surface area (Å²) in [6.07, 6.45) is 3.43. The molecule has 0 aliphatic carbocycles. The molecule has 0 radical (unpaired) electrons. The maximum absolute atomic E-state index is 11.6. The van der Waals surface area contributed by atoms with E-state index in [0.717, 1.165) is 29.1 Å². The van der Waals surface area contributed by atoms with Gasteiger partial charge < -0.3 is 14.6 Å². The normalized spacial score (nSPS) is 11.0. The monoisotopic (exact) mass is 330 g/mol. The zero-order valence-electron chi connectivity index (χ0n) is 12.9. The number of benzene rings is 1. The number of fused-ring (bicyclic) bond motifs is 1. The van der Waals surface area contributed by atoms with Crippen molar-refractivity contribution in [1.82, 2.24) is 19.9 Å². The van der Waals surface area contributed by atoms with Gasteiger partial charge in [0.25, 0.3) is 0 Å². The first kappa shape index (κ1) is 15.6. The lowest BCUT2D eigenvalue weighted by molar-refractivity contribution is 0.0532. The molecule has 0 atom stereocenters. The lowest BCUT2D eigenvalue weighted by Gasteiger charge is -2.05. The van der Waals surface area contributed by atoms with E-state index in [1.54, 1.807) is 13.1 Å². The highest BCUT2D eigenvalue weighted by molar-refractivity contribution is 7.13. The second kappa shape index (κ2) is 7.34. The Morgan fingerprint density at radius 1 is 1.35 bits per heavy atom. The fourth-order valence-corrected chi connectivity index (χ4v) is 3.05. The van der Waals surface area contributed by atoms with E-state index in [1.165, 1.54) is 11.3 Å². The summed E-state index contributed by atoms with van der Waals surface area (Å²) in [6.45, 7) is 4.44. The van der Waals surface area contributed by atoms with Gasteiger partial charge in [0.2, 0.25) is 0 Å². The van der Waals surface area contributed by atoms with Crippen molar-refractivity contribution in [3.05, 3.63) is 46.7 Å². The molecule has 7 heteroatoms. The quantitative estimate of drug-likeness (QED) is 0.532. The molecule has 2 aromatic heterocycles. The molecule has 2 heterocycles. The average Bonchev–Trinajstić information content (AvgIpc) is 3.19. The van der Waals surface area contributed by atoms with Crippen LogP contribution < -0.4 is 5.32 Å². The first-order valence-corrected chi connectivity index (χ1v) is 8.32. The van der Waals surface area contributed by atoms with Gasteiger partial charge in [0.1, 0.15) is 9.88 Å². The number of nitrogens with zero attached hydrogens (tertiary/aromatic N) is 3. The second-order valence-corrected chi connectivity index (χ2v) is 6.06. The second-order valence-electron chi connectivity index (χ2n) is 4.94. The Balaban J connectivity index is 1.49. The molecular formula is C16H18N4O2S. The Hall–Kier alpha value is -2.25. The molecule has 0 aliphatic rings. The number of carbonyl (C=O) groups excluding carboxylic acids is 1. The van der Waals surface area contributed by atoms with Gasteiger partial charge in [-0.05, 0) is 19.1 Å². The molecule has 0 saturated carbocycles. The summed E-state index contributed by atoms with van der Waals surface area (Å²) >= 11 is 1.36. The fraction of sp³-hybridized carbons (Fsp3) is 0.312. The minimum Gasteiger partial charge on any atom is -0.462 e. The van der Waals surface area contributed by atoms with Crippen molar-refractivity contribution in [3.8, 4) is 0 Å². The van der Waals surface area contributed by atoms with Crippen molar-refractivity contribution in [2.45, 2.75) is 20.0 Å². The Labute approximate surface area is 138 Å². The van der Waals surface area contributed by atoms with Gasteiger partial charge in [-0.15, -0.1) is 11.3 Å². The van der Waals surface area contributed by atoms with Crippen molar-refractivity contribution >= 4 is 28.3 Å². The summed E-state index contributed by atoms with van der Waals surface area (Å²) in [7, 11) is 0. The third-order valence-electron chi connectivity index (χ3n) is 3.36. The predicted octanol–water partition coefficient (Wildman–Crippen LogP) is 2.46. The fourth-order valence-electron chi connectivity index (χ4n) is 2.27. The van der Waals surface area contributed by atoms with Crippen LogP contribution in [0, 0.1) is 0 Å². The minimum absolute atomic E-state index is 0.305. The van der Waals surface area contributed by atoms with Crippen LogP contribution in [0.4, 0.5) is 0 Å². The largest absolute Gasteiger partial charge is 0.462 e. The van der Waals surface area contributed by atoms with Crippen LogP contribution in [0.1, 0.15) is 21.6 Å². The van der Waals surface area contributed by atoms with E-state index in [9.17, 15) is 4.79 Å². The van der Waals surface area contributed by atoms with Gasteiger partial charge in [-0.25, -0.2) is 14.8 Å². The van der Waals surface area contributed by atoms with Gasteiger partial charge in [-0.2, -0.15) is 0 Å². The van der Waals surface area contributed by atoms with E-state index in [1.807, 2.05) is 24.5 Å². The topological polar surface area (TPSA) is 69.0 Å². The molecule has 0 saturated heterocycles. The van der Waals surface area contributed by atoms with Crippen LogP contribution in [-0.4, -0.2) is 33.7 Å². The maximum Gasteiger partial charge on any atom is 0.349 e. The Morgan fingerprint density at radius 3 is 3.09 bits per heavy atom. The minimum atomic E-state index is -0.305. The molecular weight excluding hydrogens is 312 g/mol. The van der Waals surface area contributed by atoms with Crippen molar-refractivity contribution in [1.29, 1.82) is 0 Å². The number of thiazole rings is 1. The summed E-state index contributed by atoms with van der Waals surface area (Å²) in [5.74, 6) is -0.305. The van der Waals surface area contributed by atoms with E-state index >= 15 is 0 Å². The summed E-state index contributed by atoms with van der Waals surface area (Å²) in [5.41, 5.74) is 2.14. The molecule has 0 spiro atoms. The molecule has 3 aromatic rings. The molecule has 3 rings (SSSR count). The number of aromatic nitrogens is 3. The van der Waals surface area contributed by atoms with Crippen LogP contribution in [0.15, 0.2) is 36.8 Å². The van der Waals surface area contributed by atoms with Gasteiger partial charge in [0, 0.05) is 19.6 Å². The summed E-state index contributed by atoms with van der Waals surface area (Å²) in [5, 5.41) is 4.21. The Kier molecular flexibility index (Phi) is 4.99. The van der Waals surface area contributed by atoms with Gasteiger partial charge in [-0.3, -0.25) is 0 Å². The number of ether oxygens (including phenoxy) is 1. The van der Waals surface area contributed by atoms with E-state index in [-0.39, 0.29) is 5.97 Å². The highest BCUT2D eigenvalue weighted by atomic mass is 32.1. The smallest absolute Gasteiger partial charge is 0.349 e. The summed E-state index contributed by atoms with van der Waals surface area (Å²) in [6, 6.07) is 8.07. The van der Waals surface area contributed by atoms with Crippen molar-refractivity contribution in [2.24, 2.45) is 0 Å². The third-order valence-corrected chi connectivity index (χ3v) is 4.34. The first-order valence-electron chi connectivity index (χ1n) is 7.50. The molecule has 0 unspecified atom stereocenters. The zero-order chi connectivity index (χ0) is 16.1. The molecule has 0 aliphatic heterocycles. The Morgan fingerprint density at radius 2 is 2.22 bits per heavy atom. The number of rotatable bonds is 7. The van der Waals surface area contributed by atoms with E-state index < -0.39 is 0 Å². The number of nitrogens with one attached hydrogen (secondary N) is 1. The lowest BCUT2D eigenvalue weighted by Crippen LogP contribution is -2.19. The molecule has 1 N–H and O–H groups in total. The van der Waals surface area contributed by atoms with Crippen molar-refractivity contribution in [2.75, 3.05) is 13.2 Å². The number of carbonyl (C=O) groups is 1. The molecule has 0 bridgehead atoms.